The molecule has 0 bridgehead atoms. The molecule has 2 rings (SSSR count). The molecule has 0 radical (unpaired) electrons. The highest BCUT2D eigenvalue weighted by Gasteiger charge is 2.04. The summed E-state index contributed by atoms with van der Waals surface area (Å²) >= 11 is 1.34. The number of carbonyl (C=O) groups excluding carboxylic acids is 1. The number of urea groups is 1. The Bertz CT molecular complexity index is 493. The van der Waals surface area contributed by atoms with Gasteiger partial charge in [-0.05, 0) is 29.2 Å². The molecular weight excluding hydrogens is 236 g/mol. The molecule has 0 aliphatic rings. The van der Waals surface area contributed by atoms with Gasteiger partial charge in [0.2, 0.25) is 0 Å². The maximum atomic E-state index is 11.4. The van der Waals surface area contributed by atoms with Gasteiger partial charge >= 0.3 is 6.03 Å². The average molecular weight is 248 g/mol. The van der Waals surface area contributed by atoms with E-state index in [4.69, 9.17) is 0 Å². The second-order valence-electron chi connectivity index (χ2n) is 3.68. The van der Waals surface area contributed by atoms with Crippen LogP contribution in [0.25, 0.3) is 10.4 Å². The number of benzene rings is 1. The molecule has 17 heavy (non-hydrogen) atoms. The molecule has 1 aromatic heterocycles. The standard InChI is InChI=1S/C11H12N4OS/c1-15(2)11(16)13-9-5-3-8(4-6-9)10-7-12-14-17-10/h3-7H,1-2H3,(H,13,16). The number of anilines is 1. The summed E-state index contributed by atoms with van der Waals surface area (Å²) < 4.78 is 3.81. The van der Waals surface area contributed by atoms with Gasteiger partial charge in [0, 0.05) is 19.8 Å². The third-order valence-corrected chi connectivity index (χ3v) is 2.90. The SMILES string of the molecule is CN(C)C(=O)Nc1ccc(-c2cnns2)cc1. The van der Waals surface area contributed by atoms with E-state index < -0.39 is 0 Å². The number of rotatable bonds is 2. The lowest BCUT2D eigenvalue weighted by molar-refractivity contribution is 0.230. The van der Waals surface area contributed by atoms with Crippen LogP contribution in [0.3, 0.4) is 0 Å². The molecule has 1 heterocycles. The zero-order valence-electron chi connectivity index (χ0n) is 9.54. The summed E-state index contributed by atoms with van der Waals surface area (Å²) in [5, 5.41) is 6.56. The molecule has 0 saturated carbocycles. The number of hydrogen-bond donors (Lipinski definition) is 1. The van der Waals surface area contributed by atoms with E-state index in [-0.39, 0.29) is 6.03 Å². The van der Waals surface area contributed by atoms with Crippen molar-refractivity contribution in [3.63, 3.8) is 0 Å². The van der Waals surface area contributed by atoms with E-state index in [2.05, 4.69) is 14.9 Å². The molecule has 2 amide bonds. The first-order valence-corrected chi connectivity index (χ1v) is 5.80. The molecule has 0 unspecified atom stereocenters. The van der Waals surface area contributed by atoms with Gasteiger partial charge in [-0.2, -0.15) is 0 Å². The molecule has 1 N–H and O–H groups in total. The number of aromatic nitrogens is 2. The fourth-order valence-corrected chi connectivity index (χ4v) is 1.77. The molecular formula is C11H12N4OS. The number of nitrogens with one attached hydrogen (secondary N) is 1. The van der Waals surface area contributed by atoms with Crippen LogP contribution in [0.15, 0.2) is 30.5 Å². The van der Waals surface area contributed by atoms with Gasteiger partial charge < -0.3 is 10.2 Å². The first kappa shape index (κ1) is 11.5. The highest BCUT2D eigenvalue weighted by Crippen LogP contribution is 2.23. The summed E-state index contributed by atoms with van der Waals surface area (Å²) in [6, 6.07) is 7.44. The van der Waals surface area contributed by atoms with E-state index in [1.807, 2.05) is 24.3 Å². The maximum absolute atomic E-state index is 11.4. The van der Waals surface area contributed by atoms with Crippen molar-refractivity contribution in [2.24, 2.45) is 0 Å². The summed E-state index contributed by atoms with van der Waals surface area (Å²) in [4.78, 5) is 13.9. The zero-order chi connectivity index (χ0) is 12.3. The Morgan fingerprint density at radius 1 is 1.29 bits per heavy atom. The minimum atomic E-state index is -0.141. The van der Waals surface area contributed by atoms with Crippen molar-refractivity contribution in [1.29, 1.82) is 0 Å². The topological polar surface area (TPSA) is 58.1 Å². The first-order chi connectivity index (χ1) is 8.16. The van der Waals surface area contributed by atoms with Crippen molar-refractivity contribution in [2.75, 3.05) is 19.4 Å². The van der Waals surface area contributed by atoms with Gasteiger partial charge in [0.05, 0.1) is 11.1 Å². The monoisotopic (exact) mass is 248 g/mol. The van der Waals surface area contributed by atoms with E-state index in [1.54, 1.807) is 20.3 Å². The van der Waals surface area contributed by atoms with Crippen LogP contribution in [-0.4, -0.2) is 34.6 Å². The Balaban J connectivity index is 2.11. The molecule has 2 aromatic rings. The Kier molecular flexibility index (Phi) is 3.34. The van der Waals surface area contributed by atoms with Crippen LogP contribution in [0, 0.1) is 0 Å². The van der Waals surface area contributed by atoms with Gasteiger partial charge in [0.25, 0.3) is 0 Å². The third kappa shape index (κ3) is 2.79. The van der Waals surface area contributed by atoms with Crippen LogP contribution in [0.1, 0.15) is 0 Å². The Labute approximate surface area is 103 Å². The van der Waals surface area contributed by atoms with E-state index in [0.29, 0.717) is 0 Å². The van der Waals surface area contributed by atoms with Crippen molar-refractivity contribution in [1.82, 2.24) is 14.5 Å². The summed E-state index contributed by atoms with van der Waals surface area (Å²) in [7, 11) is 3.40. The summed E-state index contributed by atoms with van der Waals surface area (Å²) in [6.07, 6.45) is 1.72. The lowest BCUT2D eigenvalue weighted by Crippen LogP contribution is -2.27. The fourth-order valence-electron chi connectivity index (χ4n) is 1.25. The lowest BCUT2D eigenvalue weighted by atomic mass is 10.2. The van der Waals surface area contributed by atoms with Crippen molar-refractivity contribution in [3.8, 4) is 10.4 Å². The van der Waals surface area contributed by atoms with Crippen LogP contribution >= 0.6 is 11.5 Å². The molecule has 0 spiro atoms. The number of hydrogen-bond acceptors (Lipinski definition) is 4. The van der Waals surface area contributed by atoms with Gasteiger partial charge in [-0.15, -0.1) is 5.10 Å². The number of nitrogens with zero attached hydrogens (tertiary/aromatic N) is 3. The normalized spacial score (nSPS) is 10.0. The minimum absolute atomic E-state index is 0.141. The second kappa shape index (κ2) is 4.92. The lowest BCUT2D eigenvalue weighted by Gasteiger charge is -2.11. The van der Waals surface area contributed by atoms with Gasteiger partial charge in [-0.1, -0.05) is 16.6 Å². The average Bonchev–Trinajstić information content (AvgIpc) is 2.83. The first-order valence-electron chi connectivity index (χ1n) is 5.03. The van der Waals surface area contributed by atoms with Crippen LogP contribution in [-0.2, 0) is 0 Å². The van der Waals surface area contributed by atoms with Crippen molar-refractivity contribution in [2.45, 2.75) is 0 Å². The molecule has 0 atom stereocenters. The van der Waals surface area contributed by atoms with Gasteiger partial charge in [0.1, 0.15) is 0 Å². The van der Waals surface area contributed by atoms with Crippen molar-refractivity contribution < 1.29 is 4.79 Å². The molecule has 0 aliphatic heterocycles. The van der Waals surface area contributed by atoms with Gasteiger partial charge in [-0.25, -0.2) is 4.79 Å². The Morgan fingerprint density at radius 2 is 2.00 bits per heavy atom. The van der Waals surface area contributed by atoms with Gasteiger partial charge in [0.15, 0.2) is 0 Å². The van der Waals surface area contributed by atoms with E-state index in [9.17, 15) is 4.79 Å². The predicted octanol–water partition coefficient (Wildman–Crippen LogP) is 2.30. The van der Waals surface area contributed by atoms with Crippen LogP contribution in [0.2, 0.25) is 0 Å². The summed E-state index contributed by atoms with van der Waals surface area (Å²) in [5.74, 6) is 0. The van der Waals surface area contributed by atoms with Crippen molar-refractivity contribution >= 4 is 23.3 Å². The molecule has 0 fully saturated rings. The van der Waals surface area contributed by atoms with E-state index >= 15 is 0 Å². The highest BCUT2D eigenvalue weighted by molar-refractivity contribution is 7.09. The molecule has 88 valence electrons. The zero-order valence-corrected chi connectivity index (χ0v) is 10.4. The van der Waals surface area contributed by atoms with E-state index in [0.717, 1.165) is 16.1 Å². The maximum Gasteiger partial charge on any atom is 0.321 e. The summed E-state index contributed by atoms with van der Waals surface area (Å²) in [6.45, 7) is 0. The summed E-state index contributed by atoms with van der Waals surface area (Å²) in [5.41, 5.74) is 1.81. The third-order valence-electron chi connectivity index (χ3n) is 2.19. The molecule has 0 aliphatic carbocycles. The van der Waals surface area contributed by atoms with Crippen LogP contribution < -0.4 is 5.32 Å². The highest BCUT2D eigenvalue weighted by atomic mass is 32.1. The number of carbonyl (C=O) groups is 1. The van der Waals surface area contributed by atoms with Crippen LogP contribution in [0.5, 0.6) is 0 Å². The van der Waals surface area contributed by atoms with Gasteiger partial charge in [-0.3, -0.25) is 0 Å². The molecule has 5 nitrogen and oxygen atoms in total. The minimum Gasteiger partial charge on any atom is -0.331 e. The second-order valence-corrected chi connectivity index (χ2v) is 4.47. The predicted molar refractivity (Wildman–Crippen MR) is 68.1 cm³/mol. The quantitative estimate of drug-likeness (QED) is 0.887. The Hall–Kier alpha value is -1.95. The van der Waals surface area contributed by atoms with Crippen molar-refractivity contribution in [3.05, 3.63) is 30.5 Å². The smallest absolute Gasteiger partial charge is 0.321 e. The Morgan fingerprint density at radius 3 is 2.53 bits per heavy atom. The molecule has 1 aromatic carbocycles. The number of amides is 2. The molecule has 0 saturated heterocycles. The molecule has 6 heteroatoms. The fraction of sp³-hybridized carbons (Fsp3) is 0.182. The van der Waals surface area contributed by atoms with E-state index in [1.165, 1.54) is 16.4 Å². The largest absolute Gasteiger partial charge is 0.331 e. The van der Waals surface area contributed by atoms with Crippen LogP contribution in [0.4, 0.5) is 10.5 Å².